The molecule has 2 rings (SSSR count). The van der Waals surface area contributed by atoms with Crippen LogP contribution in [0.25, 0.3) is 0 Å². The van der Waals surface area contributed by atoms with E-state index in [9.17, 15) is 4.79 Å². The summed E-state index contributed by atoms with van der Waals surface area (Å²) in [6.45, 7) is 13.3. The monoisotopic (exact) mass is 324 g/mol. The molecule has 0 spiro atoms. The van der Waals surface area contributed by atoms with Gasteiger partial charge in [0, 0.05) is 19.1 Å². The average Bonchev–Trinajstić information content (AvgIpc) is 2.45. The fraction of sp³-hybridized carbons (Fsp3) is 0.947. The summed E-state index contributed by atoms with van der Waals surface area (Å²) < 4.78 is 5.46. The van der Waals surface area contributed by atoms with E-state index in [-0.39, 0.29) is 6.09 Å². The van der Waals surface area contributed by atoms with Gasteiger partial charge in [-0.1, -0.05) is 13.8 Å². The predicted octanol–water partition coefficient (Wildman–Crippen LogP) is 4.05. The van der Waals surface area contributed by atoms with E-state index in [1.165, 1.54) is 19.3 Å². The van der Waals surface area contributed by atoms with Gasteiger partial charge in [-0.25, -0.2) is 4.79 Å². The van der Waals surface area contributed by atoms with Crippen molar-refractivity contribution < 1.29 is 9.53 Å². The molecule has 2 fully saturated rings. The van der Waals surface area contributed by atoms with Crippen LogP contribution in [0.5, 0.6) is 0 Å². The maximum Gasteiger partial charge on any atom is 0.410 e. The van der Waals surface area contributed by atoms with E-state index in [2.05, 4.69) is 19.2 Å². The van der Waals surface area contributed by atoms with Gasteiger partial charge < -0.3 is 15.0 Å². The summed E-state index contributed by atoms with van der Waals surface area (Å²) in [5.41, 5.74) is -0.399. The van der Waals surface area contributed by atoms with E-state index in [1.807, 2.05) is 25.7 Å². The number of ether oxygens (including phenoxy) is 1. The SMILES string of the molecule is CC1CCC(NCC2CCN(C(=O)OC(C)(C)C)CC2)C(C)C1. The van der Waals surface area contributed by atoms with Crippen molar-refractivity contribution in [1.82, 2.24) is 10.2 Å². The Labute approximate surface area is 142 Å². The number of rotatable bonds is 3. The van der Waals surface area contributed by atoms with Crippen LogP contribution in [0, 0.1) is 17.8 Å². The van der Waals surface area contributed by atoms with Gasteiger partial charge in [0.2, 0.25) is 0 Å². The largest absolute Gasteiger partial charge is 0.444 e. The second-order valence-corrected chi connectivity index (χ2v) is 8.82. The summed E-state index contributed by atoms with van der Waals surface area (Å²) in [4.78, 5) is 14.0. The minimum Gasteiger partial charge on any atom is -0.444 e. The minimum absolute atomic E-state index is 0.154. The van der Waals surface area contributed by atoms with Crippen molar-refractivity contribution in [3.63, 3.8) is 0 Å². The van der Waals surface area contributed by atoms with Crippen molar-refractivity contribution in [2.75, 3.05) is 19.6 Å². The van der Waals surface area contributed by atoms with Crippen LogP contribution < -0.4 is 5.32 Å². The van der Waals surface area contributed by atoms with Gasteiger partial charge in [0.25, 0.3) is 0 Å². The van der Waals surface area contributed by atoms with Gasteiger partial charge in [-0.15, -0.1) is 0 Å². The van der Waals surface area contributed by atoms with Crippen LogP contribution >= 0.6 is 0 Å². The molecule has 4 nitrogen and oxygen atoms in total. The average molecular weight is 325 g/mol. The third-order valence-electron chi connectivity index (χ3n) is 5.37. The number of carbonyl (C=O) groups is 1. The molecular formula is C19H36N2O2. The molecule has 23 heavy (non-hydrogen) atoms. The summed E-state index contributed by atoms with van der Waals surface area (Å²) in [6.07, 6.45) is 6.05. The highest BCUT2D eigenvalue weighted by Gasteiger charge is 2.29. The lowest BCUT2D eigenvalue weighted by atomic mass is 9.79. The Morgan fingerprint density at radius 3 is 2.35 bits per heavy atom. The normalized spacial score (nSPS) is 30.3. The van der Waals surface area contributed by atoms with Crippen LogP contribution in [0.3, 0.4) is 0 Å². The molecule has 1 saturated carbocycles. The van der Waals surface area contributed by atoms with E-state index in [4.69, 9.17) is 4.74 Å². The van der Waals surface area contributed by atoms with Crippen molar-refractivity contribution in [1.29, 1.82) is 0 Å². The Morgan fingerprint density at radius 1 is 1.13 bits per heavy atom. The topological polar surface area (TPSA) is 41.6 Å². The van der Waals surface area contributed by atoms with Gasteiger partial charge in [0.15, 0.2) is 0 Å². The van der Waals surface area contributed by atoms with E-state index < -0.39 is 5.60 Å². The Kier molecular flexibility index (Phi) is 6.35. The third-order valence-corrected chi connectivity index (χ3v) is 5.37. The number of carbonyl (C=O) groups excluding carboxylic acids is 1. The fourth-order valence-corrected chi connectivity index (χ4v) is 3.93. The van der Waals surface area contributed by atoms with Gasteiger partial charge in [0.05, 0.1) is 0 Å². The summed E-state index contributed by atoms with van der Waals surface area (Å²) in [5, 5.41) is 3.81. The lowest BCUT2D eigenvalue weighted by molar-refractivity contribution is 0.0182. The van der Waals surface area contributed by atoms with Gasteiger partial charge in [-0.3, -0.25) is 0 Å². The Hall–Kier alpha value is -0.770. The molecule has 134 valence electrons. The van der Waals surface area contributed by atoms with Crippen LogP contribution in [0.15, 0.2) is 0 Å². The zero-order valence-corrected chi connectivity index (χ0v) is 15.7. The summed E-state index contributed by atoms with van der Waals surface area (Å²) in [7, 11) is 0. The molecule has 1 heterocycles. The molecule has 0 radical (unpaired) electrons. The fourth-order valence-electron chi connectivity index (χ4n) is 3.93. The molecule has 0 aromatic rings. The number of amides is 1. The molecule has 0 aromatic heterocycles. The Balaban J connectivity index is 1.68. The maximum absolute atomic E-state index is 12.1. The molecular weight excluding hydrogens is 288 g/mol. The molecule has 1 amide bonds. The first kappa shape index (κ1) is 18.6. The van der Waals surface area contributed by atoms with E-state index in [0.717, 1.165) is 44.3 Å². The van der Waals surface area contributed by atoms with Crippen molar-refractivity contribution in [2.45, 2.75) is 78.4 Å². The van der Waals surface area contributed by atoms with Crippen molar-refractivity contribution in [2.24, 2.45) is 17.8 Å². The van der Waals surface area contributed by atoms with Gasteiger partial charge in [-0.05, 0) is 77.2 Å². The molecule has 1 aliphatic carbocycles. The predicted molar refractivity (Wildman–Crippen MR) is 94.5 cm³/mol. The van der Waals surface area contributed by atoms with Gasteiger partial charge >= 0.3 is 6.09 Å². The number of likely N-dealkylation sites (tertiary alicyclic amines) is 1. The van der Waals surface area contributed by atoms with Crippen LogP contribution in [-0.2, 0) is 4.74 Å². The summed E-state index contributed by atoms with van der Waals surface area (Å²) >= 11 is 0. The van der Waals surface area contributed by atoms with Gasteiger partial charge in [0.1, 0.15) is 5.60 Å². The Bertz CT molecular complexity index is 383. The highest BCUT2D eigenvalue weighted by Crippen LogP contribution is 2.29. The van der Waals surface area contributed by atoms with Crippen LogP contribution in [0.4, 0.5) is 4.79 Å². The van der Waals surface area contributed by atoms with Crippen molar-refractivity contribution in [3.8, 4) is 0 Å². The van der Waals surface area contributed by atoms with Crippen LogP contribution in [0.2, 0.25) is 0 Å². The molecule has 2 aliphatic rings. The number of piperidine rings is 1. The number of hydrogen-bond acceptors (Lipinski definition) is 3. The van der Waals surface area contributed by atoms with Crippen LogP contribution in [0.1, 0.15) is 66.7 Å². The first-order chi connectivity index (χ1) is 10.7. The first-order valence-corrected chi connectivity index (χ1v) is 9.46. The summed E-state index contributed by atoms with van der Waals surface area (Å²) in [5.74, 6) is 2.38. The first-order valence-electron chi connectivity index (χ1n) is 9.46. The zero-order valence-electron chi connectivity index (χ0n) is 15.7. The second-order valence-electron chi connectivity index (χ2n) is 8.82. The van der Waals surface area contributed by atoms with Crippen molar-refractivity contribution in [3.05, 3.63) is 0 Å². The van der Waals surface area contributed by atoms with E-state index >= 15 is 0 Å². The van der Waals surface area contributed by atoms with E-state index in [1.54, 1.807) is 0 Å². The zero-order chi connectivity index (χ0) is 17.0. The molecule has 3 atom stereocenters. The minimum atomic E-state index is -0.399. The molecule has 4 heteroatoms. The smallest absolute Gasteiger partial charge is 0.410 e. The van der Waals surface area contributed by atoms with Gasteiger partial charge in [-0.2, -0.15) is 0 Å². The van der Waals surface area contributed by atoms with Crippen LogP contribution in [-0.4, -0.2) is 42.3 Å². The van der Waals surface area contributed by atoms with E-state index in [0.29, 0.717) is 12.0 Å². The second kappa shape index (κ2) is 7.87. The Morgan fingerprint density at radius 2 is 1.78 bits per heavy atom. The maximum atomic E-state index is 12.1. The highest BCUT2D eigenvalue weighted by molar-refractivity contribution is 5.68. The third kappa shape index (κ3) is 5.98. The summed E-state index contributed by atoms with van der Waals surface area (Å²) in [6, 6.07) is 0.690. The number of nitrogens with one attached hydrogen (secondary N) is 1. The lowest BCUT2D eigenvalue weighted by Gasteiger charge is -2.36. The molecule has 1 saturated heterocycles. The molecule has 0 aromatic carbocycles. The molecule has 3 unspecified atom stereocenters. The molecule has 0 bridgehead atoms. The number of nitrogens with zero attached hydrogens (tertiary/aromatic N) is 1. The molecule has 1 aliphatic heterocycles. The number of hydrogen-bond donors (Lipinski definition) is 1. The molecule has 1 N–H and O–H groups in total. The highest BCUT2D eigenvalue weighted by atomic mass is 16.6. The lowest BCUT2D eigenvalue weighted by Crippen LogP contribution is -2.45. The quantitative estimate of drug-likeness (QED) is 0.851. The standard InChI is InChI=1S/C19H36N2O2/c1-14-6-7-17(15(2)12-14)20-13-16-8-10-21(11-9-16)18(22)23-19(3,4)5/h14-17,20H,6-13H2,1-5H3. The van der Waals surface area contributed by atoms with Crippen molar-refractivity contribution >= 4 is 6.09 Å².